The van der Waals surface area contributed by atoms with Crippen LogP contribution >= 0.6 is 0 Å². The Morgan fingerprint density at radius 3 is 2.81 bits per heavy atom. The number of carbonyl (C=O) groups excluding carboxylic acids is 2. The van der Waals surface area contributed by atoms with E-state index < -0.39 is 17.9 Å². The molecule has 1 aliphatic heterocycles. The van der Waals surface area contributed by atoms with E-state index in [1.54, 1.807) is 0 Å². The van der Waals surface area contributed by atoms with Gasteiger partial charge in [0.2, 0.25) is 11.8 Å². The highest BCUT2D eigenvalue weighted by molar-refractivity contribution is 5.84. The van der Waals surface area contributed by atoms with Crippen LogP contribution in [0.25, 0.3) is 0 Å². The second-order valence-corrected chi connectivity index (χ2v) is 3.96. The van der Waals surface area contributed by atoms with Crippen molar-refractivity contribution < 1.29 is 19.5 Å². The Hall–Kier alpha value is -1.59. The first-order valence-corrected chi connectivity index (χ1v) is 5.28. The third kappa shape index (κ3) is 3.52. The third-order valence-electron chi connectivity index (χ3n) is 2.60. The number of nitrogens with one attached hydrogen (secondary N) is 2. The van der Waals surface area contributed by atoms with E-state index in [0.29, 0.717) is 13.0 Å². The van der Waals surface area contributed by atoms with Gasteiger partial charge in [0.25, 0.3) is 0 Å². The molecular weight excluding hydrogens is 212 g/mol. The summed E-state index contributed by atoms with van der Waals surface area (Å²) in [6.07, 6.45) is 1.68. The van der Waals surface area contributed by atoms with E-state index in [1.807, 2.05) is 0 Å². The van der Waals surface area contributed by atoms with Crippen molar-refractivity contribution in [1.29, 1.82) is 0 Å². The van der Waals surface area contributed by atoms with Gasteiger partial charge in [0.1, 0.15) is 6.04 Å². The molecule has 0 bridgehead atoms. The number of carbonyl (C=O) groups is 3. The predicted octanol–water partition coefficient (Wildman–Crippen LogP) is -0.508. The maximum Gasteiger partial charge on any atom is 0.326 e. The molecule has 1 heterocycles. The minimum absolute atomic E-state index is 0.122. The lowest BCUT2D eigenvalue weighted by Crippen LogP contribution is -2.45. The molecule has 6 heteroatoms. The minimum atomic E-state index is -1.10. The lowest BCUT2D eigenvalue weighted by Gasteiger charge is -2.24. The van der Waals surface area contributed by atoms with Crippen molar-refractivity contribution >= 4 is 17.8 Å². The van der Waals surface area contributed by atoms with Crippen molar-refractivity contribution in [2.24, 2.45) is 5.92 Å². The van der Waals surface area contributed by atoms with Crippen LogP contribution < -0.4 is 10.6 Å². The van der Waals surface area contributed by atoms with Gasteiger partial charge in [-0.3, -0.25) is 9.59 Å². The summed E-state index contributed by atoms with van der Waals surface area (Å²) in [7, 11) is 0. The summed E-state index contributed by atoms with van der Waals surface area (Å²) in [6.45, 7) is 1.91. The molecule has 0 aliphatic carbocycles. The van der Waals surface area contributed by atoms with Crippen LogP contribution in [0.3, 0.4) is 0 Å². The fourth-order valence-corrected chi connectivity index (χ4v) is 1.81. The largest absolute Gasteiger partial charge is 0.480 e. The van der Waals surface area contributed by atoms with Crippen molar-refractivity contribution in [2.45, 2.75) is 32.2 Å². The molecule has 6 nitrogen and oxygen atoms in total. The fraction of sp³-hybridized carbons (Fsp3) is 0.700. The van der Waals surface area contributed by atoms with E-state index in [-0.39, 0.29) is 18.2 Å². The first-order chi connectivity index (χ1) is 7.50. The Morgan fingerprint density at radius 1 is 1.62 bits per heavy atom. The molecule has 0 saturated carbocycles. The Kier molecular flexibility index (Phi) is 4.28. The molecule has 1 saturated heterocycles. The maximum absolute atomic E-state index is 11.4. The molecule has 90 valence electrons. The van der Waals surface area contributed by atoms with Crippen LogP contribution in [0.4, 0.5) is 0 Å². The SMILES string of the molecule is CC(=O)NC(CC1CCCNC1=O)C(=O)O. The smallest absolute Gasteiger partial charge is 0.326 e. The van der Waals surface area contributed by atoms with Gasteiger partial charge in [0, 0.05) is 19.4 Å². The predicted molar refractivity (Wildman–Crippen MR) is 55.6 cm³/mol. The zero-order chi connectivity index (χ0) is 12.1. The van der Waals surface area contributed by atoms with Gasteiger partial charge in [-0.25, -0.2) is 4.79 Å². The molecule has 0 aromatic carbocycles. The van der Waals surface area contributed by atoms with E-state index in [1.165, 1.54) is 6.92 Å². The maximum atomic E-state index is 11.4. The van der Waals surface area contributed by atoms with Gasteiger partial charge >= 0.3 is 5.97 Å². The van der Waals surface area contributed by atoms with Crippen molar-refractivity contribution in [3.8, 4) is 0 Å². The molecule has 2 atom stereocenters. The number of hydrogen-bond donors (Lipinski definition) is 3. The summed E-state index contributed by atoms with van der Waals surface area (Å²) < 4.78 is 0. The van der Waals surface area contributed by atoms with Crippen LogP contribution in [0.15, 0.2) is 0 Å². The van der Waals surface area contributed by atoms with E-state index in [9.17, 15) is 14.4 Å². The molecular formula is C10H16N2O4. The van der Waals surface area contributed by atoms with Crippen LogP contribution in [0, 0.1) is 5.92 Å². The number of piperidine rings is 1. The van der Waals surface area contributed by atoms with Gasteiger partial charge in [0.15, 0.2) is 0 Å². The monoisotopic (exact) mass is 228 g/mol. The van der Waals surface area contributed by atoms with Gasteiger partial charge in [0.05, 0.1) is 0 Å². The van der Waals surface area contributed by atoms with Gasteiger partial charge in [-0.1, -0.05) is 0 Å². The molecule has 2 amide bonds. The highest BCUT2D eigenvalue weighted by atomic mass is 16.4. The summed E-state index contributed by atoms with van der Waals surface area (Å²) in [6, 6.07) is -0.980. The molecule has 3 N–H and O–H groups in total. The fourth-order valence-electron chi connectivity index (χ4n) is 1.81. The Morgan fingerprint density at radius 2 is 2.31 bits per heavy atom. The molecule has 2 unspecified atom stereocenters. The Balaban J connectivity index is 2.56. The Bertz CT molecular complexity index is 303. The summed E-state index contributed by atoms with van der Waals surface area (Å²) in [4.78, 5) is 33.1. The van der Waals surface area contributed by atoms with E-state index in [2.05, 4.69) is 10.6 Å². The third-order valence-corrected chi connectivity index (χ3v) is 2.60. The number of carboxylic acid groups (broad SMARTS) is 1. The molecule has 1 aliphatic rings. The van der Waals surface area contributed by atoms with Crippen molar-refractivity contribution in [2.75, 3.05) is 6.54 Å². The van der Waals surface area contributed by atoms with Gasteiger partial charge in [-0.2, -0.15) is 0 Å². The lowest BCUT2D eigenvalue weighted by atomic mass is 9.91. The summed E-state index contributed by atoms with van der Waals surface area (Å²) in [5.74, 6) is -1.94. The standard InChI is InChI=1S/C10H16N2O4/c1-6(13)12-8(10(15)16)5-7-3-2-4-11-9(7)14/h7-8H,2-5H2,1H3,(H,11,14)(H,12,13)(H,15,16). The average Bonchev–Trinajstić information content (AvgIpc) is 2.19. The van der Waals surface area contributed by atoms with Gasteiger partial charge in [-0.05, 0) is 19.3 Å². The van der Waals surface area contributed by atoms with Crippen molar-refractivity contribution in [1.82, 2.24) is 10.6 Å². The van der Waals surface area contributed by atoms with Crippen LogP contribution in [-0.2, 0) is 14.4 Å². The number of hydrogen-bond acceptors (Lipinski definition) is 3. The van der Waals surface area contributed by atoms with Crippen molar-refractivity contribution in [3.63, 3.8) is 0 Å². The highest BCUT2D eigenvalue weighted by Crippen LogP contribution is 2.17. The minimum Gasteiger partial charge on any atom is -0.480 e. The first-order valence-electron chi connectivity index (χ1n) is 5.28. The second-order valence-electron chi connectivity index (χ2n) is 3.96. The summed E-state index contributed by atoms with van der Waals surface area (Å²) >= 11 is 0. The van der Waals surface area contributed by atoms with E-state index in [0.717, 1.165) is 6.42 Å². The lowest BCUT2D eigenvalue weighted by molar-refractivity contribution is -0.142. The van der Waals surface area contributed by atoms with E-state index >= 15 is 0 Å². The van der Waals surface area contributed by atoms with Crippen LogP contribution in [0.2, 0.25) is 0 Å². The van der Waals surface area contributed by atoms with Gasteiger partial charge in [-0.15, -0.1) is 0 Å². The molecule has 0 aromatic heterocycles. The number of aliphatic carboxylic acids is 1. The summed E-state index contributed by atoms with van der Waals surface area (Å²) in [5, 5.41) is 13.9. The van der Waals surface area contributed by atoms with Gasteiger partial charge < -0.3 is 15.7 Å². The molecule has 0 radical (unpaired) electrons. The highest BCUT2D eigenvalue weighted by Gasteiger charge is 2.29. The van der Waals surface area contributed by atoms with Crippen LogP contribution in [-0.4, -0.2) is 35.5 Å². The molecule has 0 spiro atoms. The van der Waals surface area contributed by atoms with Crippen LogP contribution in [0.5, 0.6) is 0 Å². The summed E-state index contributed by atoms with van der Waals surface area (Å²) in [5.41, 5.74) is 0. The number of amides is 2. The number of carboxylic acids is 1. The molecule has 16 heavy (non-hydrogen) atoms. The molecule has 1 fully saturated rings. The molecule has 0 aromatic rings. The second kappa shape index (κ2) is 5.48. The normalized spacial score (nSPS) is 22.1. The Labute approximate surface area is 93.4 Å². The van der Waals surface area contributed by atoms with E-state index in [4.69, 9.17) is 5.11 Å². The topological polar surface area (TPSA) is 95.5 Å². The van der Waals surface area contributed by atoms with Crippen LogP contribution in [0.1, 0.15) is 26.2 Å². The zero-order valence-corrected chi connectivity index (χ0v) is 9.16. The number of rotatable bonds is 4. The average molecular weight is 228 g/mol. The zero-order valence-electron chi connectivity index (χ0n) is 9.16. The van der Waals surface area contributed by atoms with Crippen molar-refractivity contribution in [3.05, 3.63) is 0 Å². The first kappa shape index (κ1) is 12.5. The quantitative estimate of drug-likeness (QED) is 0.604. The molecule has 1 rings (SSSR count).